The van der Waals surface area contributed by atoms with Crippen LogP contribution in [0.2, 0.25) is 0 Å². The van der Waals surface area contributed by atoms with Gasteiger partial charge in [-0.2, -0.15) is 0 Å². The van der Waals surface area contributed by atoms with Crippen LogP contribution in [-0.2, 0) is 30.0 Å². The third kappa shape index (κ3) is 6.59. The lowest BCUT2D eigenvalue weighted by atomic mass is 10.2. The maximum Gasteiger partial charge on any atom is 0.459 e. The predicted octanol–water partition coefficient (Wildman–Crippen LogP) is 2.59. The monoisotopic (exact) mass is 554 g/mol. The summed E-state index contributed by atoms with van der Waals surface area (Å²) in [7, 11) is -4.06. The number of anilines is 1. The lowest BCUT2D eigenvalue weighted by molar-refractivity contribution is -0.143. The van der Waals surface area contributed by atoms with E-state index in [1.807, 2.05) is 30.3 Å². The van der Waals surface area contributed by atoms with Crippen LogP contribution in [-0.4, -0.2) is 56.0 Å². The average molecular weight is 555 g/mol. The molecule has 1 fully saturated rings. The second-order valence-electron chi connectivity index (χ2n) is 8.71. The first-order valence-corrected chi connectivity index (χ1v) is 13.6. The molecular formula is C25H27N6O7P. The lowest BCUT2D eigenvalue weighted by Gasteiger charge is -2.21. The van der Waals surface area contributed by atoms with E-state index in [0.717, 1.165) is 5.56 Å². The number of fused-ring (bicyclic) bond motifs is 1. The summed E-state index contributed by atoms with van der Waals surface area (Å²) >= 11 is 0. The molecular weight excluding hydrogens is 527 g/mol. The minimum atomic E-state index is -4.06. The van der Waals surface area contributed by atoms with Crippen molar-refractivity contribution >= 4 is 30.7 Å². The van der Waals surface area contributed by atoms with E-state index in [2.05, 4.69) is 20.0 Å². The van der Waals surface area contributed by atoms with Crippen molar-refractivity contribution in [1.29, 1.82) is 0 Å². The van der Waals surface area contributed by atoms with Gasteiger partial charge in [0.25, 0.3) is 0 Å². The number of nitrogens with zero attached hydrogens (tertiary/aromatic N) is 4. The zero-order valence-corrected chi connectivity index (χ0v) is 21.6. The summed E-state index contributed by atoms with van der Waals surface area (Å²) in [6, 6.07) is 17.6. The molecule has 0 saturated carbocycles. The standard InChI is InChI=1S/C25H27N6O7P/c26-23-22-24(28-15-27-23)31(16-29-22)25-20(32)11-19(37-25)14-36-39(34,38-18-9-5-2-6-10-18)30-12-21(33)35-13-17-7-3-1-4-8-17/h1-10,15-16,19-20,25,32H,11-14H2,(H,30,34)(H2,26,27,28)/t19-,20-,25?,39?/m0/s1. The number of rotatable bonds is 11. The van der Waals surface area contributed by atoms with E-state index in [4.69, 9.17) is 24.3 Å². The van der Waals surface area contributed by atoms with Crippen LogP contribution in [0.3, 0.4) is 0 Å². The summed E-state index contributed by atoms with van der Waals surface area (Å²) in [5, 5.41) is 13.2. The van der Waals surface area contributed by atoms with Crippen LogP contribution in [0.4, 0.5) is 5.82 Å². The average Bonchev–Trinajstić information content (AvgIpc) is 3.54. The summed E-state index contributed by atoms with van der Waals surface area (Å²) in [5.74, 6) is -0.155. The molecule has 39 heavy (non-hydrogen) atoms. The number of nitrogens with one attached hydrogen (secondary N) is 1. The summed E-state index contributed by atoms with van der Waals surface area (Å²) in [5.41, 5.74) is 7.46. The zero-order valence-electron chi connectivity index (χ0n) is 20.7. The second-order valence-corrected chi connectivity index (χ2v) is 10.5. The molecule has 1 saturated heterocycles. The molecule has 4 N–H and O–H groups in total. The molecule has 0 bridgehead atoms. The molecule has 2 aromatic carbocycles. The summed E-state index contributed by atoms with van der Waals surface area (Å²) in [4.78, 5) is 24.6. The molecule has 1 aliphatic heterocycles. The minimum Gasteiger partial charge on any atom is -0.460 e. The van der Waals surface area contributed by atoms with E-state index < -0.39 is 38.7 Å². The highest BCUT2D eigenvalue weighted by Gasteiger charge is 2.38. The molecule has 5 rings (SSSR count). The minimum absolute atomic E-state index is 0.0702. The topological polar surface area (TPSA) is 173 Å². The third-order valence-corrected chi connectivity index (χ3v) is 7.37. The van der Waals surface area contributed by atoms with E-state index in [1.54, 1.807) is 34.9 Å². The van der Waals surface area contributed by atoms with Gasteiger partial charge in [0.1, 0.15) is 36.8 Å². The zero-order chi connectivity index (χ0) is 27.2. The highest BCUT2D eigenvalue weighted by Crippen LogP contribution is 2.45. The quantitative estimate of drug-likeness (QED) is 0.183. The fraction of sp³-hybridized carbons (Fsp3) is 0.280. The van der Waals surface area contributed by atoms with Crippen LogP contribution in [0.1, 0.15) is 18.2 Å². The number of carbonyl (C=O) groups excluding carboxylic acids is 1. The smallest absolute Gasteiger partial charge is 0.459 e. The number of nitrogen functional groups attached to an aromatic ring is 1. The Balaban J connectivity index is 1.22. The van der Waals surface area contributed by atoms with E-state index in [9.17, 15) is 14.5 Å². The Morgan fingerprint density at radius 2 is 1.87 bits per heavy atom. The van der Waals surface area contributed by atoms with Gasteiger partial charge < -0.3 is 24.8 Å². The fourth-order valence-corrected chi connectivity index (χ4v) is 5.29. The van der Waals surface area contributed by atoms with Gasteiger partial charge in [-0.25, -0.2) is 24.6 Å². The number of esters is 1. The number of aromatic nitrogens is 4. The van der Waals surface area contributed by atoms with Gasteiger partial charge in [-0.3, -0.25) is 13.9 Å². The molecule has 1 aliphatic rings. The highest BCUT2D eigenvalue weighted by molar-refractivity contribution is 7.52. The van der Waals surface area contributed by atoms with Gasteiger partial charge >= 0.3 is 13.7 Å². The van der Waals surface area contributed by atoms with Gasteiger partial charge in [0, 0.05) is 6.42 Å². The van der Waals surface area contributed by atoms with Crippen molar-refractivity contribution in [2.24, 2.45) is 0 Å². The van der Waals surface area contributed by atoms with Crippen LogP contribution >= 0.6 is 7.75 Å². The van der Waals surface area contributed by atoms with Gasteiger partial charge in [0.2, 0.25) is 0 Å². The Bertz CT molecular complexity index is 1460. The molecule has 14 heteroatoms. The van der Waals surface area contributed by atoms with E-state index in [-0.39, 0.29) is 31.2 Å². The van der Waals surface area contributed by atoms with Crippen LogP contribution in [0.15, 0.2) is 73.3 Å². The molecule has 4 aromatic rings. The molecule has 0 aliphatic carbocycles. The first-order chi connectivity index (χ1) is 18.9. The molecule has 2 aromatic heterocycles. The number of carbonyl (C=O) groups is 1. The molecule has 4 atom stereocenters. The molecule has 0 radical (unpaired) electrons. The molecule has 204 valence electrons. The van der Waals surface area contributed by atoms with Crippen molar-refractivity contribution in [3.05, 3.63) is 78.9 Å². The highest BCUT2D eigenvalue weighted by atomic mass is 31.2. The van der Waals surface area contributed by atoms with E-state index >= 15 is 0 Å². The SMILES string of the molecule is Nc1ncnc2c1ncn2C1O[C@H](COP(=O)(NCC(=O)OCc2ccccc2)Oc2ccccc2)C[C@@H]1O. The number of ether oxygens (including phenoxy) is 2. The van der Waals surface area contributed by atoms with Crippen molar-refractivity contribution in [1.82, 2.24) is 24.6 Å². The number of benzene rings is 2. The molecule has 3 heterocycles. The summed E-state index contributed by atoms with van der Waals surface area (Å²) in [6.07, 6.45) is 0.525. The molecule has 13 nitrogen and oxygen atoms in total. The number of nitrogens with two attached hydrogens (primary N) is 1. The van der Waals surface area contributed by atoms with Gasteiger partial charge in [-0.15, -0.1) is 0 Å². The Kier molecular flexibility index (Phi) is 8.15. The normalized spacial score (nSPS) is 20.5. The summed E-state index contributed by atoms with van der Waals surface area (Å²) in [6.45, 7) is -0.551. The number of aliphatic hydroxyl groups excluding tert-OH is 1. The number of aliphatic hydroxyl groups is 1. The van der Waals surface area contributed by atoms with Crippen LogP contribution in [0.5, 0.6) is 5.75 Å². The third-order valence-electron chi connectivity index (χ3n) is 5.89. The first kappa shape index (κ1) is 26.7. The van der Waals surface area contributed by atoms with Gasteiger partial charge in [-0.1, -0.05) is 48.5 Å². The number of imidazole rings is 1. The van der Waals surface area contributed by atoms with Crippen molar-refractivity contribution in [3.8, 4) is 5.75 Å². The first-order valence-electron chi connectivity index (χ1n) is 12.1. The number of hydrogen-bond acceptors (Lipinski definition) is 11. The fourth-order valence-electron chi connectivity index (χ4n) is 4.00. The summed E-state index contributed by atoms with van der Waals surface area (Å²) < 4.78 is 37.7. The van der Waals surface area contributed by atoms with Gasteiger partial charge in [0.15, 0.2) is 17.7 Å². The second kappa shape index (κ2) is 11.9. The maximum atomic E-state index is 13.6. The van der Waals surface area contributed by atoms with Crippen molar-refractivity contribution < 1.29 is 33.0 Å². The van der Waals surface area contributed by atoms with Gasteiger partial charge in [0.05, 0.1) is 19.0 Å². The number of para-hydroxylation sites is 1. The largest absolute Gasteiger partial charge is 0.460 e. The Morgan fingerprint density at radius 3 is 2.64 bits per heavy atom. The van der Waals surface area contributed by atoms with E-state index in [1.165, 1.54) is 12.7 Å². The van der Waals surface area contributed by atoms with Crippen LogP contribution < -0.4 is 15.3 Å². The Hall–Kier alpha value is -3.87. The molecule has 2 unspecified atom stereocenters. The van der Waals surface area contributed by atoms with Gasteiger partial charge in [-0.05, 0) is 17.7 Å². The Labute approximate surface area is 223 Å². The van der Waals surface area contributed by atoms with Crippen molar-refractivity contribution in [2.45, 2.75) is 31.5 Å². The predicted molar refractivity (Wildman–Crippen MR) is 139 cm³/mol. The number of hydrogen-bond donors (Lipinski definition) is 3. The van der Waals surface area contributed by atoms with Crippen LogP contribution in [0, 0.1) is 0 Å². The van der Waals surface area contributed by atoms with E-state index in [0.29, 0.717) is 11.2 Å². The Morgan fingerprint density at radius 1 is 1.13 bits per heavy atom. The molecule has 0 amide bonds. The van der Waals surface area contributed by atoms with Crippen molar-refractivity contribution in [3.63, 3.8) is 0 Å². The van der Waals surface area contributed by atoms with Crippen molar-refractivity contribution in [2.75, 3.05) is 18.9 Å². The maximum absolute atomic E-state index is 13.6. The van der Waals surface area contributed by atoms with Crippen LogP contribution in [0.25, 0.3) is 11.2 Å². The molecule has 0 spiro atoms. The lowest BCUT2D eigenvalue weighted by Crippen LogP contribution is -2.27.